The number of nitrogens with zero attached hydrogens (tertiary/aromatic N) is 1. The van der Waals surface area contributed by atoms with Crippen LogP contribution in [0.5, 0.6) is 0 Å². The lowest BCUT2D eigenvalue weighted by atomic mass is 10.0. The van der Waals surface area contributed by atoms with Crippen molar-refractivity contribution in [3.8, 4) is 0 Å². The van der Waals surface area contributed by atoms with Crippen molar-refractivity contribution in [3.05, 3.63) is 72.3 Å². The lowest BCUT2D eigenvalue weighted by Gasteiger charge is -2.21. The van der Waals surface area contributed by atoms with Crippen LogP contribution in [0.25, 0.3) is 6.08 Å². The van der Waals surface area contributed by atoms with Crippen LogP contribution in [0, 0.1) is 0 Å². The average Bonchev–Trinajstić information content (AvgIpc) is 3.55. The van der Waals surface area contributed by atoms with E-state index < -0.39 is 30.1 Å². The van der Waals surface area contributed by atoms with Crippen molar-refractivity contribution in [2.75, 3.05) is 19.4 Å². The molecule has 3 amide bonds. The zero-order valence-corrected chi connectivity index (χ0v) is 17.0. The molecule has 0 aliphatic carbocycles. The Kier molecular flexibility index (Phi) is 6.64. The second-order valence-corrected chi connectivity index (χ2v) is 7.28. The van der Waals surface area contributed by atoms with Crippen LogP contribution in [0.3, 0.4) is 0 Å². The fourth-order valence-corrected chi connectivity index (χ4v) is 3.04. The van der Waals surface area contributed by atoms with Gasteiger partial charge in [-0.2, -0.15) is 0 Å². The molecule has 1 fully saturated rings. The maximum absolute atomic E-state index is 12.6. The highest BCUT2D eigenvalue weighted by Gasteiger charge is 2.51. The Balaban J connectivity index is 1.58. The summed E-state index contributed by atoms with van der Waals surface area (Å²) in [6, 6.07) is 15.8. The van der Waals surface area contributed by atoms with Gasteiger partial charge in [0.1, 0.15) is 6.04 Å². The van der Waals surface area contributed by atoms with Gasteiger partial charge in [-0.15, -0.1) is 0 Å². The third-order valence-corrected chi connectivity index (χ3v) is 4.76. The summed E-state index contributed by atoms with van der Waals surface area (Å²) >= 11 is 0. The molecule has 7 heteroatoms. The summed E-state index contributed by atoms with van der Waals surface area (Å²) in [7, 11) is 3.27. The number of hydrogen-bond acceptors (Lipinski definition) is 4. The number of nitrogens with one attached hydrogen (secondary N) is 2. The second-order valence-electron chi connectivity index (χ2n) is 7.28. The third kappa shape index (κ3) is 5.33. The topological polar surface area (TPSA) is 91.0 Å². The predicted octanol–water partition coefficient (Wildman–Crippen LogP) is 1.85. The van der Waals surface area contributed by atoms with E-state index in [0.717, 1.165) is 11.1 Å². The Morgan fingerprint density at radius 2 is 1.67 bits per heavy atom. The number of rotatable bonds is 8. The predicted molar refractivity (Wildman–Crippen MR) is 115 cm³/mol. The Labute approximate surface area is 175 Å². The van der Waals surface area contributed by atoms with Crippen LogP contribution in [0.4, 0.5) is 5.69 Å². The van der Waals surface area contributed by atoms with Crippen LogP contribution in [0.2, 0.25) is 0 Å². The van der Waals surface area contributed by atoms with Gasteiger partial charge in [-0.1, -0.05) is 55.1 Å². The van der Waals surface area contributed by atoms with Crippen molar-refractivity contribution in [3.63, 3.8) is 0 Å². The van der Waals surface area contributed by atoms with Gasteiger partial charge in [0.2, 0.25) is 5.91 Å². The van der Waals surface area contributed by atoms with Gasteiger partial charge in [-0.05, 0) is 23.3 Å². The number of ether oxygens (including phenoxy) is 1. The quantitative estimate of drug-likeness (QED) is 0.654. The Bertz CT molecular complexity index is 925. The number of anilines is 1. The van der Waals surface area contributed by atoms with E-state index in [1.54, 1.807) is 32.3 Å². The fraction of sp³-hybridized carbons (Fsp3) is 0.261. The highest BCUT2D eigenvalue weighted by molar-refractivity contribution is 6.02. The number of carbonyl (C=O) groups excluding carboxylic acids is 3. The SMILES string of the molecule is C=Cc1ccc(NC(=O)C2OC2C(=O)N[C@@H](Cc2ccccc2)C(=O)N(C)C)cc1. The van der Waals surface area contributed by atoms with Gasteiger partial charge in [-0.3, -0.25) is 14.4 Å². The molecular formula is C23H25N3O4. The van der Waals surface area contributed by atoms with E-state index in [1.807, 2.05) is 42.5 Å². The number of benzene rings is 2. The highest BCUT2D eigenvalue weighted by Crippen LogP contribution is 2.24. The summed E-state index contributed by atoms with van der Waals surface area (Å²) in [5.41, 5.74) is 2.46. The minimum Gasteiger partial charge on any atom is -0.349 e. The van der Waals surface area contributed by atoms with Gasteiger partial charge < -0.3 is 20.3 Å². The van der Waals surface area contributed by atoms with E-state index in [9.17, 15) is 14.4 Å². The zero-order valence-electron chi connectivity index (χ0n) is 17.0. The number of hydrogen-bond donors (Lipinski definition) is 2. The lowest BCUT2D eigenvalue weighted by molar-refractivity contribution is -0.134. The van der Waals surface area contributed by atoms with Crippen molar-refractivity contribution >= 4 is 29.5 Å². The van der Waals surface area contributed by atoms with Crippen molar-refractivity contribution in [2.24, 2.45) is 0 Å². The third-order valence-electron chi connectivity index (χ3n) is 4.76. The van der Waals surface area contributed by atoms with E-state index in [0.29, 0.717) is 12.1 Å². The second kappa shape index (κ2) is 9.37. The molecule has 0 radical (unpaired) electrons. The minimum absolute atomic E-state index is 0.226. The molecule has 2 unspecified atom stereocenters. The summed E-state index contributed by atoms with van der Waals surface area (Å²) in [5.74, 6) is -1.11. The number of amides is 3. The number of likely N-dealkylation sites (N-methyl/N-ethyl adjacent to an activating group) is 1. The molecule has 1 aliphatic rings. The lowest BCUT2D eigenvalue weighted by Crippen LogP contribution is -2.49. The minimum atomic E-state index is -0.911. The summed E-state index contributed by atoms with van der Waals surface area (Å²) in [5, 5.41) is 5.45. The van der Waals surface area contributed by atoms with Crippen molar-refractivity contribution in [1.82, 2.24) is 10.2 Å². The monoisotopic (exact) mass is 407 g/mol. The van der Waals surface area contributed by atoms with Crippen LogP contribution < -0.4 is 10.6 Å². The maximum atomic E-state index is 12.6. The molecular weight excluding hydrogens is 382 g/mol. The van der Waals surface area contributed by atoms with E-state index >= 15 is 0 Å². The largest absolute Gasteiger partial charge is 0.349 e. The molecule has 2 aromatic carbocycles. The summed E-state index contributed by atoms with van der Waals surface area (Å²) in [6.45, 7) is 3.68. The molecule has 0 bridgehead atoms. The highest BCUT2D eigenvalue weighted by atomic mass is 16.6. The molecule has 1 saturated heterocycles. The first kappa shape index (κ1) is 21.3. The molecule has 0 saturated carbocycles. The molecule has 3 rings (SSSR count). The standard InChI is InChI=1S/C23H25N3O4/c1-4-15-10-12-17(13-11-15)24-21(27)19-20(30-19)22(28)25-18(23(29)26(2)3)14-16-8-6-5-7-9-16/h4-13,18-20H,1,14H2,2-3H3,(H,24,27)(H,25,28)/t18-,19?,20?/m0/s1. The molecule has 1 aliphatic heterocycles. The van der Waals surface area contributed by atoms with Gasteiger partial charge in [0.05, 0.1) is 0 Å². The maximum Gasteiger partial charge on any atom is 0.256 e. The molecule has 0 aromatic heterocycles. The van der Waals surface area contributed by atoms with Crippen LogP contribution >= 0.6 is 0 Å². The number of epoxide rings is 1. The summed E-state index contributed by atoms with van der Waals surface area (Å²) in [4.78, 5) is 38.9. The first-order chi connectivity index (χ1) is 14.4. The van der Waals surface area contributed by atoms with Crippen LogP contribution in [0.1, 0.15) is 11.1 Å². The Morgan fingerprint density at radius 3 is 2.27 bits per heavy atom. The van der Waals surface area contributed by atoms with Gasteiger partial charge in [-0.25, -0.2) is 0 Å². The molecule has 2 N–H and O–H groups in total. The van der Waals surface area contributed by atoms with Gasteiger partial charge in [0.15, 0.2) is 12.2 Å². The first-order valence-corrected chi connectivity index (χ1v) is 9.63. The molecule has 3 atom stereocenters. The van der Waals surface area contributed by atoms with Gasteiger partial charge >= 0.3 is 0 Å². The molecule has 156 valence electrons. The van der Waals surface area contributed by atoms with Crippen LogP contribution in [-0.2, 0) is 25.5 Å². The van der Waals surface area contributed by atoms with Gasteiger partial charge in [0.25, 0.3) is 11.8 Å². The molecule has 0 spiro atoms. The van der Waals surface area contributed by atoms with E-state index in [1.165, 1.54) is 4.90 Å². The van der Waals surface area contributed by atoms with E-state index in [2.05, 4.69) is 17.2 Å². The van der Waals surface area contributed by atoms with Crippen molar-refractivity contribution < 1.29 is 19.1 Å². The van der Waals surface area contributed by atoms with Crippen LogP contribution in [0.15, 0.2) is 61.2 Å². The average molecular weight is 407 g/mol. The molecule has 2 aromatic rings. The van der Waals surface area contributed by atoms with Crippen molar-refractivity contribution in [1.29, 1.82) is 0 Å². The molecule has 7 nitrogen and oxygen atoms in total. The van der Waals surface area contributed by atoms with E-state index in [4.69, 9.17) is 4.74 Å². The number of carbonyl (C=O) groups is 3. The fourth-order valence-electron chi connectivity index (χ4n) is 3.04. The van der Waals surface area contributed by atoms with E-state index in [-0.39, 0.29) is 5.91 Å². The molecule has 1 heterocycles. The Hall–Kier alpha value is -3.45. The summed E-state index contributed by atoms with van der Waals surface area (Å²) in [6.07, 6.45) is 0.265. The van der Waals surface area contributed by atoms with Crippen molar-refractivity contribution in [2.45, 2.75) is 24.7 Å². The summed E-state index contributed by atoms with van der Waals surface area (Å²) < 4.78 is 5.28. The van der Waals surface area contributed by atoms with Crippen LogP contribution in [-0.4, -0.2) is 55.0 Å². The Morgan fingerprint density at radius 1 is 1.03 bits per heavy atom. The first-order valence-electron chi connectivity index (χ1n) is 9.63. The zero-order chi connectivity index (χ0) is 21.7. The smallest absolute Gasteiger partial charge is 0.256 e. The normalized spacial score (nSPS) is 18.1. The van der Waals surface area contributed by atoms with Gasteiger partial charge in [0, 0.05) is 26.2 Å². The molecule has 30 heavy (non-hydrogen) atoms.